The predicted molar refractivity (Wildman–Crippen MR) is 129 cm³/mol. The number of likely N-dealkylation sites (N-methyl/N-ethyl adjacent to an activating group) is 1. The van der Waals surface area contributed by atoms with Crippen LogP contribution >= 0.6 is 0 Å². The average Bonchev–Trinajstić information content (AvgIpc) is 3.21. The lowest BCUT2D eigenvalue weighted by molar-refractivity contribution is 0.169. The Morgan fingerprint density at radius 2 is 1.77 bits per heavy atom. The third-order valence-corrected chi connectivity index (χ3v) is 5.75. The van der Waals surface area contributed by atoms with Gasteiger partial charge in [0, 0.05) is 31.3 Å². The van der Waals surface area contributed by atoms with Crippen molar-refractivity contribution in [2.45, 2.75) is 24.8 Å². The summed E-state index contributed by atoms with van der Waals surface area (Å²) in [6, 6.07) is 24.1. The summed E-state index contributed by atoms with van der Waals surface area (Å²) in [5, 5.41) is 12.5. The van der Waals surface area contributed by atoms with Crippen LogP contribution in [0.4, 0.5) is 5.69 Å². The number of ether oxygens (including phenoxy) is 1. The topological polar surface area (TPSA) is 45.3 Å². The quantitative estimate of drug-likeness (QED) is 0.519. The second-order valence-electron chi connectivity index (χ2n) is 7.88. The molecule has 0 aromatic heterocycles. The van der Waals surface area contributed by atoms with E-state index in [-0.39, 0.29) is 0 Å². The lowest BCUT2D eigenvalue weighted by atomic mass is 9.98. The summed E-state index contributed by atoms with van der Waals surface area (Å²) in [4.78, 5) is 0. The fraction of sp³-hybridized carbons (Fsp3) is 0.385. The van der Waals surface area contributed by atoms with Gasteiger partial charge in [-0.3, -0.25) is 0 Å². The third kappa shape index (κ3) is 6.05. The minimum absolute atomic E-state index is 0.376. The molecule has 3 aromatic rings. The molecule has 3 aromatic carbocycles. The van der Waals surface area contributed by atoms with E-state index < -0.39 is 0 Å². The predicted octanol–water partition coefficient (Wildman–Crippen LogP) is 4.42. The van der Waals surface area contributed by atoms with Crippen molar-refractivity contribution in [3.63, 3.8) is 0 Å². The monoisotopic (exact) mass is 405 g/mol. The van der Waals surface area contributed by atoms with Crippen molar-refractivity contribution in [3.05, 3.63) is 77.9 Å². The van der Waals surface area contributed by atoms with E-state index in [9.17, 15) is 0 Å². The van der Waals surface area contributed by atoms with Crippen molar-refractivity contribution in [1.82, 2.24) is 10.6 Å². The van der Waals surface area contributed by atoms with E-state index in [1.165, 1.54) is 34.0 Å². The van der Waals surface area contributed by atoms with Crippen LogP contribution < -0.4 is 16.0 Å². The Morgan fingerprint density at radius 1 is 1.00 bits per heavy atom. The van der Waals surface area contributed by atoms with Crippen LogP contribution in [0.5, 0.6) is 0 Å². The lowest BCUT2D eigenvalue weighted by Crippen LogP contribution is -2.32. The zero-order valence-electron chi connectivity index (χ0n) is 18.4. The molecule has 1 aliphatic rings. The normalized spacial score (nSPS) is 15.8. The molecule has 0 radical (unpaired) electrons. The minimum atomic E-state index is 0.376. The average molecular weight is 406 g/mol. The molecular formula is C26H35N3O. The van der Waals surface area contributed by atoms with Crippen LogP contribution in [0, 0.1) is 0 Å². The van der Waals surface area contributed by atoms with Gasteiger partial charge in [0.1, 0.15) is 0 Å². The van der Waals surface area contributed by atoms with Crippen LogP contribution in [-0.4, -0.2) is 46.9 Å². The van der Waals surface area contributed by atoms with Gasteiger partial charge in [-0.1, -0.05) is 60.7 Å². The first-order valence-electron chi connectivity index (χ1n) is 10.9. The molecule has 0 fully saturated rings. The van der Waals surface area contributed by atoms with E-state index in [0.717, 1.165) is 26.1 Å². The molecule has 3 N–H and O–H groups in total. The number of fused-ring (bicyclic) bond motifs is 2. The summed E-state index contributed by atoms with van der Waals surface area (Å²) < 4.78 is 5.19. The Bertz CT molecular complexity index is 911. The number of benzene rings is 3. The molecule has 0 bridgehead atoms. The molecular weight excluding hydrogens is 370 g/mol. The Kier molecular flexibility index (Phi) is 8.69. The van der Waals surface area contributed by atoms with Crippen molar-refractivity contribution in [1.29, 1.82) is 0 Å². The summed E-state index contributed by atoms with van der Waals surface area (Å²) in [7, 11) is 5.73. The fourth-order valence-electron chi connectivity index (χ4n) is 4.03. The Hall–Kier alpha value is -2.40. The molecule has 2 unspecified atom stereocenters. The highest BCUT2D eigenvalue weighted by molar-refractivity contribution is 5.83. The zero-order valence-corrected chi connectivity index (χ0v) is 18.4. The van der Waals surface area contributed by atoms with Gasteiger partial charge in [0.15, 0.2) is 0 Å². The van der Waals surface area contributed by atoms with E-state index in [2.05, 4.69) is 82.7 Å². The summed E-state index contributed by atoms with van der Waals surface area (Å²) in [5.74, 6) is 0.698. The molecule has 0 saturated carbocycles. The molecule has 1 aliphatic heterocycles. The van der Waals surface area contributed by atoms with Gasteiger partial charge in [-0.05, 0) is 61.4 Å². The first kappa shape index (κ1) is 22.3. The zero-order chi connectivity index (χ0) is 21.2. The van der Waals surface area contributed by atoms with Gasteiger partial charge in [0.25, 0.3) is 0 Å². The molecule has 4 nitrogen and oxygen atoms in total. The third-order valence-electron chi connectivity index (χ3n) is 5.75. The Morgan fingerprint density at radius 3 is 2.53 bits per heavy atom. The summed E-state index contributed by atoms with van der Waals surface area (Å²) in [5.41, 5.74) is 4.15. The summed E-state index contributed by atoms with van der Waals surface area (Å²) in [6.45, 7) is 2.94. The van der Waals surface area contributed by atoms with Gasteiger partial charge in [-0.2, -0.15) is 0 Å². The van der Waals surface area contributed by atoms with Gasteiger partial charge in [-0.25, -0.2) is 0 Å². The Balaban J connectivity index is 0.000000177. The van der Waals surface area contributed by atoms with Crippen molar-refractivity contribution in [2.75, 3.05) is 46.2 Å². The van der Waals surface area contributed by atoms with Crippen LogP contribution in [0.2, 0.25) is 0 Å². The molecule has 0 saturated heterocycles. The molecule has 0 amide bonds. The summed E-state index contributed by atoms with van der Waals surface area (Å²) in [6.07, 6.45) is 2.22. The lowest BCUT2D eigenvalue weighted by Gasteiger charge is -2.15. The number of para-hydroxylation sites is 1. The highest BCUT2D eigenvalue weighted by Gasteiger charge is 2.20. The highest BCUT2D eigenvalue weighted by Crippen LogP contribution is 2.32. The molecule has 0 aliphatic carbocycles. The number of anilines is 1. The molecule has 2 atom stereocenters. The molecule has 4 rings (SSSR count). The molecule has 4 heteroatoms. The van der Waals surface area contributed by atoms with Crippen molar-refractivity contribution < 1.29 is 4.74 Å². The maximum atomic E-state index is 5.19. The second kappa shape index (κ2) is 11.7. The minimum Gasteiger partial charge on any atom is -0.384 e. The molecule has 1 heterocycles. The van der Waals surface area contributed by atoms with Gasteiger partial charge in [0.05, 0.1) is 6.61 Å². The van der Waals surface area contributed by atoms with Gasteiger partial charge < -0.3 is 20.7 Å². The Labute approximate surface area is 181 Å². The van der Waals surface area contributed by atoms with Gasteiger partial charge >= 0.3 is 0 Å². The first-order valence-corrected chi connectivity index (χ1v) is 10.9. The van der Waals surface area contributed by atoms with Crippen molar-refractivity contribution in [3.8, 4) is 0 Å². The highest BCUT2D eigenvalue weighted by atomic mass is 16.5. The number of hydrogen-bond acceptors (Lipinski definition) is 4. The number of rotatable bonds is 8. The van der Waals surface area contributed by atoms with Crippen LogP contribution in [0.25, 0.3) is 10.8 Å². The van der Waals surface area contributed by atoms with Crippen LogP contribution in [0.1, 0.15) is 23.5 Å². The number of hydrogen-bond donors (Lipinski definition) is 3. The summed E-state index contributed by atoms with van der Waals surface area (Å²) >= 11 is 0. The smallest absolute Gasteiger partial charge is 0.0618 e. The molecule has 0 spiro atoms. The van der Waals surface area contributed by atoms with Gasteiger partial charge in [-0.15, -0.1) is 0 Å². The number of methoxy groups -OCH3 is 1. The van der Waals surface area contributed by atoms with Gasteiger partial charge in [0.2, 0.25) is 0 Å². The maximum absolute atomic E-state index is 5.19. The van der Waals surface area contributed by atoms with E-state index in [1.807, 2.05) is 14.1 Å². The van der Waals surface area contributed by atoms with Crippen LogP contribution in [0.15, 0.2) is 66.7 Å². The largest absolute Gasteiger partial charge is 0.384 e. The van der Waals surface area contributed by atoms with Crippen molar-refractivity contribution >= 4 is 16.5 Å². The SMILES string of the molecule is CNC(COC)Cc1ccc2ccccc2c1.CNCCC1CNc2ccccc21. The number of nitrogens with one attached hydrogen (secondary N) is 3. The fourth-order valence-corrected chi connectivity index (χ4v) is 4.03. The van der Waals surface area contributed by atoms with Crippen molar-refractivity contribution in [2.24, 2.45) is 0 Å². The maximum Gasteiger partial charge on any atom is 0.0618 e. The standard InChI is InChI=1S/C15H19NO.C11H16N2/c1-16-15(11-17-2)10-12-7-8-13-5-3-4-6-14(13)9-12;1-12-7-6-9-8-13-11-5-3-2-4-10(9)11/h3-9,15-16H,10-11H2,1-2H3;2-5,9,12-13H,6-8H2,1H3. The van der Waals surface area contributed by atoms with E-state index in [1.54, 1.807) is 7.11 Å². The van der Waals surface area contributed by atoms with E-state index in [0.29, 0.717) is 12.0 Å². The van der Waals surface area contributed by atoms with Crippen LogP contribution in [-0.2, 0) is 11.2 Å². The second-order valence-corrected chi connectivity index (χ2v) is 7.88. The van der Waals surface area contributed by atoms with E-state index in [4.69, 9.17) is 4.74 Å². The first-order chi connectivity index (χ1) is 14.7. The van der Waals surface area contributed by atoms with Crippen LogP contribution in [0.3, 0.4) is 0 Å². The molecule has 160 valence electrons. The van der Waals surface area contributed by atoms with E-state index >= 15 is 0 Å². The molecule has 30 heavy (non-hydrogen) atoms.